The van der Waals surface area contributed by atoms with Crippen LogP contribution in [0.15, 0.2) is 12.4 Å². The van der Waals surface area contributed by atoms with Crippen LogP contribution in [0.5, 0.6) is 0 Å². The highest BCUT2D eigenvalue weighted by atomic mass is 127. The normalized spacial score (nSPS) is 9.83. The Morgan fingerprint density at radius 2 is 2.17 bits per heavy atom. The van der Waals surface area contributed by atoms with Gasteiger partial charge in [0.1, 0.15) is 0 Å². The van der Waals surface area contributed by atoms with Gasteiger partial charge in [-0.15, -0.1) is 0 Å². The van der Waals surface area contributed by atoms with Gasteiger partial charge in [-0.2, -0.15) is 0 Å². The molecule has 1 rings (SSSR count). The first-order valence-electron chi connectivity index (χ1n) is 3.53. The van der Waals surface area contributed by atoms with E-state index >= 15 is 0 Å². The van der Waals surface area contributed by atoms with Crippen LogP contribution in [0.25, 0.3) is 0 Å². The van der Waals surface area contributed by atoms with Crippen LogP contribution in [-0.4, -0.2) is 30.2 Å². The van der Waals surface area contributed by atoms with Crippen molar-refractivity contribution in [3.8, 4) is 0 Å². The van der Waals surface area contributed by atoms with Gasteiger partial charge in [0.2, 0.25) is 5.95 Å². The minimum absolute atomic E-state index is 0.646. The molecular weight excluding hydrogens is 269 g/mol. The summed E-state index contributed by atoms with van der Waals surface area (Å²) in [7, 11) is 1.66. The van der Waals surface area contributed by atoms with E-state index in [-0.39, 0.29) is 0 Å². The van der Waals surface area contributed by atoms with Crippen LogP contribution in [0.3, 0.4) is 0 Å². The molecule has 0 saturated carbocycles. The molecule has 5 heteroatoms. The second kappa shape index (κ2) is 5.26. The summed E-state index contributed by atoms with van der Waals surface area (Å²) >= 11 is 2.16. The van der Waals surface area contributed by atoms with Crippen LogP contribution >= 0.6 is 22.6 Å². The van der Waals surface area contributed by atoms with Crippen LogP contribution in [0.2, 0.25) is 0 Å². The number of anilines is 1. The maximum Gasteiger partial charge on any atom is 0.222 e. The van der Waals surface area contributed by atoms with Gasteiger partial charge in [-0.25, -0.2) is 9.97 Å². The molecule has 0 radical (unpaired) electrons. The zero-order valence-electron chi connectivity index (χ0n) is 6.75. The number of methoxy groups -OCH3 is 1. The molecule has 0 aliphatic rings. The predicted octanol–water partition coefficient (Wildman–Crippen LogP) is 1.14. The van der Waals surface area contributed by atoms with Crippen molar-refractivity contribution in [3.05, 3.63) is 16.0 Å². The van der Waals surface area contributed by atoms with Crippen molar-refractivity contribution in [1.29, 1.82) is 0 Å². The number of hydrogen-bond donors (Lipinski definition) is 1. The quantitative estimate of drug-likeness (QED) is 0.663. The van der Waals surface area contributed by atoms with Crippen molar-refractivity contribution < 1.29 is 4.74 Å². The van der Waals surface area contributed by atoms with Crippen LogP contribution in [0.4, 0.5) is 5.95 Å². The second-order valence-electron chi connectivity index (χ2n) is 2.14. The first-order chi connectivity index (χ1) is 5.83. The Morgan fingerprint density at radius 1 is 1.50 bits per heavy atom. The number of ether oxygens (including phenoxy) is 1. The van der Waals surface area contributed by atoms with E-state index in [9.17, 15) is 0 Å². The Kier molecular flexibility index (Phi) is 4.23. The second-order valence-corrected chi connectivity index (χ2v) is 3.39. The van der Waals surface area contributed by atoms with Crippen LogP contribution < -0.4 is 5.32 Å². The third-order valence-electron chi connectivity index (χ3n) is 1.21. The van der Waals surface area contributed by atoms with E-state index in [2.05, 4.69) is 37.9 Å². The number of hydrogen-bond acceptors (Lipinski definition) is 4. The fraction of sp³-hybridized carbons (Fsp3) is 0.429. The summed E-state index contributed by atoms with van der Waals surface area (Å²) in [6.45, 7) is 1.40. The SMILES string of the molecule is COCCNc1ncc(I)cn1. The lowest BCUT2D eigenvalue weighted by atomic mass is 10.6. The van der Waals surface area contributed by atoms with E-state index in [1.807, 2.05) is 0 Å². The Balaban J connectivity index is 2.37. The van der Waals surface area contributed by atoms with Crippen molar-refractivity contribution >= 4 is 28.5 Å². The van der Waals surface area contributed by atoms with E-state index in [4.69, 9.17) is 4.74 Å². The molecule has 0 atom stereocenters. The average Bonchev–Trinajstić information content (AvgIpc) is 2.09. The highest BCUT2D eigenvalue weighted by molar-refractivity contribution is 14.1. The minimum atomic E-state index is 0.646. The lowest BCUT2D eigenvalue weighted by Crippen LogP contribution is -2.09. The van der Waals surface area contributed by atoms with Crippen molar-refractivity contribution in [3.63, 3.8) is 0 Å². The molecule has 66 valence electrons. The van der Waals surface area contributed by atoms with E-state index in [0.29, 0.717) is 12.6 Å². The lowest BCUT2D eigenvalue weighted by Gasteiger charge is -2.02. The van der Waals surface area contributed by atoms with E-state index in [0.717, 1.165) is 10.1 Å². The third kappa shape index (κ3) is 3.31. The van der Waals surface area contributed by atoms with Crippen molar-refractivity contribution in [1.82, 2.24) is 9.97 Å². The van der Waals surface area contributed by atoms with Gasteiger partial charge in [-0.1, -0.05) is 0 Å². The van der Waals surface area contributed by atoms with E-state index < -0.39 is 0 Å². The average molecular weight is 279 g/mol. The largest absolute Gasteiger partial charge is 0.383 e. The van der Waals surface area contributed by atoms with E-state index in [1.54, 1.807) is 19.5 Å². The fourth-order valence-corrected chi connectivity index (χ4v) is 0.947. The molecule has 1 heterocycles. The molecule has 4 nitrogen and oxygen atoms in total. The molecule has 12 heavy (non-hydrogen) atoms. The number of halogens is 1. The smallest absolute Gasteiger partial charge is 0.222 e. The molecule has 0 aliphatic heterocycles. The monoisotopic (exact) mass is 279 g/mol. The van der Waals surface area contributed by atoms with Crippen molar-refractivity contribution in [2.75, 3.05) is 25.6 Å². The molecular formula is C7H10IN3O. The summed E-state index contributed by atoms with van der Waals surface area (Å²) in [5, 5.41) is 3.02. The summed E-state index contributed by atoms with van der Waals surface area (Å²) < 4.78 is 5.90. The molecule has 0 spiro atoms. The molecule has 0 saturated heterocycles. The Morgan fingerprint density at radius 3 is 2.75 bits per heavy atom. The predicted molar refractivity (Wildman–Crippen MR) is 55.1 cm³/mol. The summed E-state index contributed by atoms with van der Waals surface area (Å²) in [5.74, 6) is 0.646. The molecule has 1 aromatic heterocycles. The van der Waals surface area contributed by atoms with Gasteiger partial charge < -0.3 is 10.1 Å². The summed E-state index contributed by atoms with van der Waals surface area (Å²) in [6.07, 6.45) is 3.53. The fourth-order valence-electron chi connectivity index (χ4n) is 0.668. The zero-order chi connectivity index (χ0) is 8.81. The minimum Gasteiger partial charge on any atom is -0.383 e. The van der Waals surface area contributed by atoms with Gasteiger partial charge in [-0.05, 0) is 22.6 Å². The summed E-state index contributed by atoms with van der Waals surface area (Å²) in [6, 6.07) is 0. The lowest BCUT2D eigenvalue weighted by molar-refractivity contribution is 0.210. The summed E-state index contributed by atoms with van der Waals surface area (Å²) in [5.41, 5.74) is 0. The zero-order valence-corrected chi connectivity index (χ0v) is 8.91. The number of nitrogens with one attached hydrogen (secondary N) is 1. The number of nitrogens with zero attached hydrogens (tertiary/aromatic N) is 2. The standard InChI is InChI=1S/C7H10IN3O/c1-12-3-2-9-7-10-4-6(8)5-11-7/h4-5H,2-3H2,1H3,(H,9,10,11). The number of rotatable bonds is 4. The van der Waals surface area contributed by atoms with Crippen molar-refractivity contribution in [2.24, 2.45) is 0 Å². The van der Waals surface area contributed by atoms with Gasteiger partial charge >= 0.3 is 0 Å². The molecule has 0 bridgehead atoms. The third-order valence-corrected chi connectivity index (χ3v) is 1.77. The maximum atomic E-state index is 4.87. The van der Waals surface area contributed by atoms with Crippen LogP contribution in [0.1, 0.15) is 0 Å². The van der Waals surface area contributed by atoms with Gasteiger partial charge in [0.25, 0.3) is 0 Å². The first-order valence-corrected chi connectivity index (χ1v) is 4.61. The molecule has 0 unspecified atom stereocenters. The first kappa shape index (κ1) is 9.66. The molecule has 0 amide bonds. The number of aromatic nitrogens is 2. The molecule has 1 N–H and O–H groups in total. The molecule has 0 fully saturated rings. The molecule has 0 aliphatic carbocycles. The summed E-state index contributed by atoms with van der Waals surface area (Å²) in [4.78, 5) is 8.13. The van der Waals surface area contributed by atoms with Gasteiger partial charge in [0.05, 0.1) is 6.61 Å². The van der Waals surface area contributed by atoms with Gasteiger partial charge in [0, 0.05) is 29.6 Å². The highest BCUT2D eigenvalue weighted by Crippen LogP contribution is 2.01. The maximum absolute atomic E-state index is 4.87. The molecule has 1 aromatic rings. The van der Waals surface area contributed by atoms with Crippen LogP contribution in [0, 0.1) is 3.57 Å². The highest BCUT2D eigenvalue weighted by Gasteiger charge is 1.92. The Bertz CT molecular complexity index is 227. The topological polar surface area (TPSA) is 47.0 Å². The molecule has 0 aromatic carbocycles. The Labute approximate surface area is 84.9 Å². The van der Waals surface area contributed by atoms with E-state index in [1.165, 1.54) is 0 Å². The Hall–Kier alpha value is -0.430. The van der Waals surface area contributed by atoms with Gasteiger partial charge in [0.15, 0.2) is 0 Å². The van der Waals surface area contributed by atoms with Gasteiger partial charge in [-0.3, -0.25) is 0 Å². The van der Waals surface area contributed by atoms with Crippen LogP contribution in [-0.2, 0) is 4.74 Å². The van der Waals surface area contributed by atoms with Crippen molar-refractivity contribution in [2.45, 2.75) is 0 Å².